The molecule has 3 aromatic rings. The Balaban J connectivity index is 1.77. The molecule has 0 saturated heterocycles. The van der Waals surface area contributed by atoms with Crippen LogP contribution in [-0.4, -0.2) is 15.1 Å². The van der Waals surface area contributed by atoms with Crippen LogP contribution in [0.15, 0.2) is 46.9 Å². The zero-order valence-corrected chi connectivity index (χ0v) is 14.4. The van der Waals surface area contributed by atoms with E-state index < -0.39 is 11.0 Å². The molecule has 9 heteroatoms. The van der Waals surface area contributed by atoms with Gasteiger partial charge in [-0.15, -0.1) is 10.2 Å². The summed E-state index contributed by atoms with van der Waals surface area (Å²) in [4.78, 5) is 10.2. The smallest absolute Gasteiger partial charge is 0.269 e. The number of ether oxygens (including phenoxy) is 1. The number of nitrogens with zero attached hydrogens (tertiary/aromatic N) is 3. The largest absolute Gasteiger partial charge is 0.479 e. The maximum absolute atomic E-state index is 10.7. The highest BCUT2D eigenvalue weighted by Gasteiger charge is 2.18. The van der Waals surface area contributed by atoms with Crippen molar-refractivity contribution in [3.63, 3.8) is 0 Å². The molecule has 0 aliphatic heterocycles. The van der Waals surface area contributed by atoms with E-state index in [0.717, 1.165) is 0 Å². The maximum Gasteiger partial charge on any atom is 0.269 e. The van der Waals surface area contributed by atoms with Gasteiger partial charge in [0.25, 0.3) is 11.6 Å². The average Bonchev–Trinajstić information content (AvgIpc) is 3.07. The van der Waals surface area contributed by atoms with E-state index >= 15 is 0 Å². The molecular formula is C16H11Cl2N3O4. The van der Waals surface area contributed by atoms with E-state index in [1.54, 1.807) is 25.1 Å². The zero-order chi connectivity index (χ0) is 18.0. The van der Waals surface area contributed by atoms with Crippen LogP contribution in [0.4, 0.5) is 5.69 Å². The van der Waals surface area contributed by atoms with Crippen molar-refractivity contribution in [2.45, 2.75) is 13.0 Å². The lowest BCUT2D eigenvalue weighted by Crippen LogP contribution is -2.03. The van der Waals surface area contributed by atoms with Crippen molar-refractivity contribution in [2.75, 3.05) is 0 Å². The second-order valence-corrected chi connectivity index (χ2v) is 5.93. The third kappa shape index (κ3) is 3.89. The molecule has 1 heterocycles. The summed E-state index contributed by atoms with van der Waals surface area (Å²) in [5.41, 5.74) is 0.554. The first kappa shape index (κ1) is 17.2. The Hall–Kier alpha value is -2.64. The number of rotatable bonds is 5. The molecule has 7 nitrogen and oxygen atoms in total. The van der Waals surface area contributed by atoms with Crippen LogP contribution in [0.1, 0.15) is 18.9 Å². The van der Waals surface area contributed by atoms with Crippen molar-refractivity contribution in [1.82, 2.24) is 10.2 Å². The highest BCUT2D eigenvalue weighted by atomic mass is 35.5. The molecule has 0 spiro atoms. The van der Waals surface area contributed by atoms with E-state index in [0.29, 0.717) is 21.4 Å². The molecule has 0 radical (unpaired) electrons. The van der Waals surface area contributed by atoms with Crippen LogP contribution >= 0.6 is 23.2 Å². The molecule has 1 atom stereocenters. The van der Waals surface area contributed by atoms with Crippen molar-refractivity contribution in [1.29, 1.82) is 0 Å². The minimum atomic E-state index is -0.544. The first-order valence-corrected chi connectivity index (χ1v) is 7.89. The Kier molecular flexibility index (Phi) is 4.87. The number of halogens is 2. The van der Waals surface area contributed by atoms with Gasteiger partial charge in [0.05, 0.1) is 9.95 Å². The predicted octanol–water partition coefficient (Wildman–Crippen LogP) is 5.09. The van der Waals surface area contributed by atoms with Gasteiger partial charge in [-0.05, 0) is 37.3 Å². The molecule has 1 aromatic heterocycles. The van der Waals surface area contributed by atoms with Gasteiger partial charge < -0.3 is 9.15 Å². The number of benzene rings is 2. The standard InChI is InChI=1S/C16H11Cl2N3O4/c1-9(24-14-7-4-11(17)8-13(14)18)15-19-20-16(25-15)10-2-5-12(6-3-10)21(22)23/h2-9H,1H3/t9-/m1/s1. The number of nitro groups is 1. The fourth-order valence-corrected chi connectivity index (χ4v) is 2.51. The van der Waals surface area contributed by atoms with E-state index in [-0.39, 0.29) is 17.5 Å². The van der Waals surface area contributed by atoms with Crippen LogP contribution in [-0.2, 0) is 0 Å². The first-order chi connectivity index (χ1) is 11.9. The summed E-state index contributed by atoms with van der Waals surface area (Å²) in [7, 11) is 0. The van der Waals surface area contributed by atoms with Crippen LogP contribution in [0, 0.1) is 10.1 Å². The van der Waals surface area contributed by atoms with Crippen molar-refractivity contribution >= 4 is 28.9 Å². The van der Waals surface area contributed by atoms with E-state index in [1.165, 1.54) is 24.3 Å². The minimum Gasteiger partial charge on any atom is -0.479 e. The fourth-order valence-electron chi connectivity index (χ4n) is 2.05. The number of non-ortho nitro benzene ring substituents is 1. The van der Waals surface area contributed by atoms with Gasteiger partial charge in [-0.3, -0.25) is 10.1 Å². The molecule has 0 amide bonds. The lowest BCUT2D eigenvalue weighted by molar-refractivity contribution is -0.384. The van der Waals surface area contributed by atoms with Crippen LogP contribution in [0.2, 0.25) is 10.0 Å². The Bertz CT molecular complexity index is 912. The van der Waals surface area contributed by atoms with Crippen molar-refractivity contribution < 1.29 is 14.1 Å². The lowest BCUT2D eigenvalue weighted by atomic mass is 10.2. The molecule has 0 saturated carbocycles. The monoisotopic (exact) mass is 379 g/mol. The Labute approximate surface area is 152 Å². The molecule has 0 unspecified atom stereocenters. The molecule has 0 N–H and O–H groups in total. The number of hydrogen-bond donors (Lipinski definition) is 0. The van der Waals surface area contributed by atoms with Gasteiger partial charge in [0.15, 0.2) is 6.10 Å². The zero-order valence-electron chi connectivity index (χ0n) is 12.8. The summed E-state index contributed by atoms with van der Waals surface area (Å²) >= 11 is 11.9. The van der Waals surface area contributed by atoms with Gasteiger partial charge >= 0.3 is 0 Å². The molecule has 2 aromatic carbocycles. The molecule has 0 aliphatic carbocycles. The highest BCUT2D eigenvalue weighted by Crippen LogP contribution is 2.31. The van der Waals surface area contributed by atoms with Gasteiger partial charge in [0, 0.05) is 22.7 Å². The minimum absolute atomic E-state index is 0.0161. The molecule has 128 valence electrons. The third-order valence-electron chi connectivity index (χ3n) is 3.31. The van der Waals surface area contributed by atoms with Crippen molar-refractivity contribution in [2.24, 2.45) is 0 Å². The Morgan fingerprint density at radius 2 is 1.88 bits per heavy atom. The van der Waals surface area contributed by atoms with Crippen LogP contribution in [0.5, 0.6) is 5.75 Å². The molecule has 25 heavy (non-hydrogen) atoms. The number of hydrogen-bond acceptors (Lipinski definition) is 6. The quantitative estimate of drug-likeness (QED) is 0.452. The number of aromatic nitrogens is 2. The number of nitro benzene ring substituents is 1. The Morgan fingerprint density at radius 1 is 1.16 bits per heavy atom. The van der Waals surface area contributed by atoms with Crippen LogP contribution in [0.3, 0.4) is 0 Å². The van der Waals surface area contributed by atoms with E-state index in [1.807, 2.05) is 0 Å². The fraction of sp³-hybridized carbons (Fsp3) is 0.125. The highest BCUT2D eigenvalue weighted by molar-refractivity contribution is 6.35. The van der Waals surface area contributed by atoms with Crippen molar-refractivity contribution in [3.8, 4) is 17.2 Å². The molecule has 0 bridgehead atoms. The van der Waals surface area contributed by atoms with Gasteiger partial charge in [-0.2, -0.15) is 0 Å². The molecule has 0 aliphatic rings. The molecular weight excluding hydrogens is 369 g/mol. The first-order valence-electron chi connectivity index (χ1n) is 7.14. The SMILES string of the molecule is C[C@@H](Oc1ccc(Cl)cc1Cl)c1nnc(-c2ccc([N+](=O)[O-])cc2)o1. The second-order valence-electron chi connectivity index (χ2n) is 5.08. The van der Waals surface area contributed by atoms with E-state index in [4.69, 9.17) is 32.4 Å². The summed E-state index contributed by atoms with van der Waals surface area (Å²) in [5, 5.41) is 19.4. The van der Waals surface area contributed by atoms with Gasteiger partial charge in [0.2, 0.25) is 5.89 Å². The predicted molar refractivity (Wildman–Crippen MR) is 91.9 cm³/mol. The summed E-state index contributed by atoms with van der Waals surface area (Å²) < 4.78 is 11.3. The van der Waals surface area contributed by atoms with Crippen molar-refractivity contribution in [3.05, 3.63) is 68.5 Å². The van der Waals surface area contributed by atoms with E-state index in [2.05, 4.69) is 10.2 Å². The van der Waals surface area contributed by atoms with Gasteiger partial charge in [0.1, 0.15) is 5.75 Å². The van der Waals surface area contributed by atoms with Crippen LogP contribution < -0.4 is 4.74 Å². The molecule has 3 rings (SSSR count). The second kappa shape index (κ2) is 7.08. The average molecular weight is 380 g/mol. The van der Waals surface area contributed by atoms with Crippen LogP contribution in [0.25, 0.3) is 11.5 Å². The topological polar surface area (TPSA) is 91.3 Å². The summed E-state index contributed by atoms with van der Waals surface area (Å²) in [6, 6.07) is 10.7. The Morgan fingerprint density at radius 3 is 2.52 bits per heavy atom. The third-order valence-corrected chi connectivity index (χ3v) is 3.84. The van der Waals surface area contributed by atoms with Gasteiger partial charge in [-0.1, -0.05) is 23.2 Å². The lowest BCUT2D eigenvalue weighted by Gasteiger charge is -2.12. The molecule has 0 fully saturated rings. The summed E-state index contributed by atoms with van der Waals surface area (Å²) in [6.45, 7) is 1.73. The summed E-state index contributed by atoms with van der Waals surface area (Å²) in [5.74, 6) is 0.926. The summed E-state index contributed by atoms with van der Waals surface area (Å²) in [6.07, 6.45) is -0.544. The van der Waals surface area contributed by atoms with Gasteiger partial charge in [-0.25, -0.2) is 0 Å². The maximum atomic E-state index is 10.7. The normalized spacial score (nSPS) is 12.0. The van der Waals surface area contributed by atoms with E-state index in [9.17, 15) is 10.1 Å².